The lowest BCUT2D eigenvalue weighted by atomic mass is 10.0. The zero-order valence-corrected chi connectivity index (χ0v) is 24.1. The van der Waals surface area contributed by atoms with Crippen LogP contribution in [0.15, 0.2) is 126 Å². The van der Waals surface area contributed by atoms with E-state index < -0.39 is 6.17 Å². The number of nitrogens with zero attached hydrogens (tertiary/aromatic N) is 2. The van der Waals surface area contributed by atoms with E-state index >= 15 is 0 Å². The molecule has 1 atom stereocenters. The van der Waals surface area contributed by atoms with E-state index in [9.17, 15) is 4.79 Å². The molecule has 1 aromatic carbocycles. The number of benzene rings is 1. The summed E-state index contributed by atoms with van der Waals surface area (Å²) < 4.78 is 3.32. The van der Waals surface area contributed by atoms with Gasteiger partial charge in [-0.1, -0.05) is 85.3 Å². The number of nitrogens with one attached hydrogen (secondary N) is 1. The van der Waals surface area contributed by atoms with Crippen LogP contribution < -0.4 is 9.62 Å². The number of benzodiazepines with no additional fused rings is 1. The fraction of sp³-hybridized carbons (Fsp3) is 0.219. The Hall–Kier alpha value is -3.34. The van der Waals surface area contributed by atoms with E-state index in [4.69, 9.17) is 4.99 Å². The van der Waals surface area contributed by atoms with E-state index in [0.717, 1.165) is 28.9 Å². The average molecular weight is 546 g/mol. The Morgan fingerprint density at radius 1 is 1.18 bits per heavy atom. The molecule has 1 aliphatic carbocycles. The molecule has 1 N–H and O–H groups in total. The molecule has 38 heavy (non-hydrogen) atoms. The summed E-state index contributed by atoms with van der Waals surface area (Å²) in [5.41, 5.74) is 10.2. The minimum Gasteiger partial charge on any atom is -0.312 e. The molecular formula is C32H36ClN3OS. The zero-order valence-electron chi connectivity index (χ0n) is 22.6. The van der Waals surface area contributed by atoms with Crippen molar-refractivity contribution in [2.45, 2.75) is 26.4 Å². The highest BCUT2D eigenvalue weighted by Crippen LogP contribution is 2.28. The molecule has 1 unspecified atom stereocenters. The van der Waals surface area contributed by atoms with Crippen LogP contribution in [0.5, 0.6) is 0 Å². The number of rotatable bonds is 9. The Morgan fingerprint density at radius 2 is 1.97 bits per heavy atom. The zero-order chi connectivity index (χ0) is 27.9. The van der Waals surface area contributed by atoms with Crippen LogP contribution in [0.1, 0.15) is 24.5 Å². The van der Waals surface area contributed by atoms with Crippen LogP contribution in [0.2, 0.25) is 0 Å². The molecule has 6 heteroatoms. The van der Waals surface area contributed by atoms with Gasteiger partial charge < -0.3 is 4.90 Å². The fourth-order valence-corrected chi connectivity index (χ4v) is 4.71. The number of anilines is 1. The van der Waals surface area contributed by atoms with E-state index in [2.05, 4.69) is 72.5 Å². The number of fused-ring (bicyclic) bond motifs is 1. The smallest absolute Gasteiger partial charge is 0.267 e. The molecule has 0 spiro atoms. The van der Waals surface area contributed by atoms with E-state index in [1.807, 2.05) is 37.3 Å². The lowest BCUT2D eigenvalue weighted by Crippen LogP contribution is -2.41. The summed E-state index contributed by atoms with van der Waals surface area (Å²) in [6.07, 6.45) is 23.0. The fourth-order valence-electron chi connectivity index (χ4n) is 3.89. The summed E-state index contributed by atoms with van der Waals surface area (Å²) in [5, 5.41) is 0. The van der Waals surface area contributed by atoms with E-state index in [1.54, 1.807) is 36.3 Å². The number of halogens is 1. The minimum atomic E-state index is -0.721. The third-order valence-electron chi connectivity index (χ3n) is 5.74. The molecule has 4 nitrogen and oxygen atoms in total. The first-order valence-electron chi connectivity index (χ1n) is 12.2. The van der Waals surface area contributed by atoms with Gasteiger partial charge in [-0.3, -0.25) is 9.79 Å². The van der Waals surface area contributed by atoms with Crippen molar-refractivity contribution in [3.8, 4) is 0 Å². The van der Waals surface area contributed by atoms with Crippen molar-refractivity contribution in [2.24, 2.45) is 4.99 Å². The van der Waals surface area contributed by atoms with Crippen LogP contribution in [0.3, 0.4) is 0 Å². The second-order valence-electron chi connectivity index (χ2n) is 8.40. The van der Waals surface area contributed by atoms with Crippen LogP contribution in [0.25, 0.3) is 0 Å². The molecule has 0 radical (unpaired) electrons. The first kappa shape index (κ1) is 30.9. The summed E-state index contributed by atoms with van der Waals surface area (Å²) in [6.45, 7) is 11.6. The standard InChI is InChI=1S/C31H33N3OS.CH3Cl/c1-6-8-10-11-12-18-28-27-21-23(3)19-20-29(27)34(5)31(35)30(32-28)33-36-22-25-16-14-13-15-24(4)26(25)17-9-7-2;1-2/h6-9,11-13,15-21,30,33H,1-2,14,22H2,3-5H3;1H3/b17-9-,18-12+;. The maximum Gasteiger partial charge on any atom is 0.267 e. The van der Waals surface area contributed by atoms with E-state index in [1.165, 1.54) is 35.1 Å². The van der Waals surface area contributed by atoms with Gasteiger partial charge in [-0.15, -0.1) is 17.3 Å². The Labute approximate surface area is 237 Å². The van der Waals surface area contributed by atoms with E-state index in [-0.39, 0.29) is 5.91 Å². The van der Waals surface area contributed by atoms with Gasteiger partial charge in [-0.05, 0) is 67.3 Å². The average Bonchev–Trinajstić information content (AvgIpc) is 3.15. The molecule has 0 bridgehead atoms. The quantitative estimate of drug-likeness (QED) is 0.150. The van der Waals surface area contributed by atoms with Gasteiger partial charge in [0.2, 0.25) is 0 Å². The first-order valence-corrected chi connectivity index (χ1v) is 14.0. The van der Waals surface area contributed by atoms with Gasteiger partial charge in [0.1, 0.15) is 0 Å². The Kier molecular flexibility index (Phi) is 13.4. The highest BCUT2D eigenvalue weighted by molar-refractivity contribution is 7.97. The van der Waals surface area contributed by atoms with E-state index in [0.29, 0.717) is 5.75 Å². The molecule has 3 rings (SSSR count). The topological polar surface area (TPSA) is 44.7 Å². The lowest BCUT2D eigenvalue weighted by Gasteiger charge is -2.21. The second-order valence-corrected chi connectivity index (χ2v) is 9.21. The Morgan fingerprint density at radius 3 is 2.71 bits per heavy atom. The number of carbonyl (C=O) groups excluding carboxylic acids is 1. The molecule has 1 amide bonds. The lowest BCUT2D eigenvalue weighted by molar-refractivity contribution is -0.119. The van der Waals surface area contributed by atoms with Gasteiger partial charge in [-0.25, -0.2) is 4.72 Å². The number of hydrogen-bond donors (Lipinski definition) is 1. The van der Waals surface area contributed by atoms with Gasteiger partial charge >= 0.3 is 0 Å². The van der Waals surface area contributed by atoms with Gasteiger partial charge in [-0.2, -0.15) is 0 Å². The van der Waals surface area contributed by atoms with Crippen molar-refractivity contribution in [1.82, 2.24) is 4.72 Å². The third kappa shape index (κ3) is 8.61. The second kappa shape index (κ2) is 16.5. The number of likely N-dealkylation sites (N-methyl/N-ethyl adjacent to an activating group) is 1. The van der Waals surface area contributed by atoms with Gasteiger partial charge in [0.25, 0.3) is 5.91 Å². The molecule has 198 valence electrons. The SMILES string of the molecule is C=CC=C=C/C=C/C1=NC(NSCC2=CCC=CC(C)=C2/C=C\C=C)C(=O)N(C)c2ccc(C)cc21.CCl. The molecule has 2 aliphatic rings. The molecular weight excluding hydrogens is 510 g/mol. The van der Waals surface area contributed by atoms with Crippen molar-refractivity contribution >= 4 is 40.9 Å². The first-order chi connectivity index (χ1) is 18.5. The monoisotopic (exact) mass is 545 g/mol. The summed E-state index contributed by atoms with van der Waals surface area (Å²) >= 11 is 6.13. The predicted molar refractivity (Wildman–Crippen MR) is 168 cm³/mol. The largest absolute Gasteiger partial charge is 0.312 e. The number of allylic oxidation sites excluding steroid dienone is 12. The summed E-state index contributed by atoms with van der Waals surface area (Å²) in [7, 11) is 1.80. The van der Waals surface area contributed by atoms with Crippen molar-refractivity contribution in [1.29, 1.82) is 0 Å². The van der Waals surface area contributed by atoms with Crippen LogP contribution >= 0.6 is 23.5 Å². The van der Waals surface area contributed by atoms with Crippen molar-refractivity contribution < 1.29 is 4.79 Å². The predicted octanol–water partition coefficient (Wildman–Crippen LogP) is 7.58. The highest BCUT2D eigenvalue weighted by Gasteiger charge is 2.28. The third-order valence-corrected chi connectivity index (χ3v) is 6.59. The van der Waals surface area contributed by atoms with Gasteiger partial charge in [0, 0.05) is 24.7 Å². The number of aliphatic imine (C=N–C) groups is 1. The molecule has 0 fully saturated rings. The highest BCUT2D eigenvalue weighted by atomic mass is 35.5. The van der Waals surface area contributed by atoms with Crippen molar-refractivity contribution in [3.05, 3.63) is 132 Å². The van der Waals surface area contributed by atoms with Gasteiger partial charge in [0.05, 0.1) is 11.4 Å². The van der Waals surface area contributed by atoms with Crippen LogP contribution in [0, 0.1) is 6.92 Å². The number of carbonyl (C=O) groups is 1. The maximum atomic E-state index is 13.4. The minimum absolute atomic E-state index is 0.104. The Bertz CT molecular complexity index is 1270. The van der Waals surface area contributed by atoms with Gasteiger partial charge in [0.15, 0.2) is 6.17 Å². The molecule has 0 saturated carbocycles. The van der Waals surface area contributed by atoms with Crippen molar-refractivity contribution in [2.75, 3.05) is 24.1 Å². The molecule has 1 aliphatic heterocycles. The van der Waals surface area contributed by atoms with Crippen LogP contribution in [-0.2, 0) is 4.79 Å². The molecule has 1 aromatic rings. The summed E-state index contributed by atoms with van der Waals surface area (Å²) in [5.74, 6) is 0.596. The van der Waals surface area contributed by atoms with Crippen LogP contribution in [-0.4, -0.2) is 37.0 Å². The number of amides is 1. The number of aryl methyl sites for hydroxylation is 1. The molecule has 0 saturated heterocycles. The Balaban J connectivity index is 0.00000247. The van der Waals surface area contributed by atoms with Crippen molar-refractivity contribution in [3.63, 3.8) is 0 Å². The molecule has 1 heterocycles. The normalized spacial score (nSPS) is 17.0. The van der Waals surface area contributed by atoms with Crippen LogP contribution in [0.4, 0.5) is 5.69 Å². The maximum absolute atomic E-state index is 13.4. The number of hydrogen-bond acceptors (Lipinski definition) is 4. The summed E-state index contributed by atoms with van der Waals surface area (Å²) in [4.78, 5) is 19.9. The summed E-state index contributed by atoms with van der Waals surface area (Å²) in [6, 6.07) is 6.05. The number of alkyl halides is 1. The molecule has 0 aromatic heterocycles.